The minimum absolute atomic E-state index is 0.128. The molecule has 0 N–H and O–H groups in total. The largest absolute Gasteiger partial charge is 0.465 e. The van der Waals surface area contributed by atoms with Gasteiger partial charge in [-0.2, -0.15) is 0 Å². The highest BCUT2D eigenvalue weighted by atomic mass is 16.5. The van der Waals surface area contributed by atoms with Crippen molar-refractivity contribution in [1.29, 1.82) is 0 Å². The van der Waals surface area contributed by atoms with Gasteiger partial charge in [0.2, 0.25) is 0 Å². The summed E-state index contributed by atoms with van der Waals surface area (Å²) in [5, 5.41) is 0. The number of esters is 1. The van der Waals surface area contributed by atoms with E-state index in [-0.39, 0.29) is 36.6 Å². The highest BCUT2D eigenvalue weighted by Crippen LogP contribution is 2.16. The van der Waals surface area contributed by atoms with E-state index in [1.54, 1.807) is 13.8 Å². The molecular weight excluding hydrogens is 144 g/mol. The van der Waals surface area contributed by atoms with Gasteiger partial charge in [-0.25, -0.2) is 0 Å². The number of carbonyl (C=O) groups is 2. The topological polar surface area (TPSA) is 43.4 Å². The van der Waals surface area contributed by atoms with Crippen molar-refractivity contribution >= 4 is 11.8 Å². The molecule has 0 aromatic carbocycles. The number of Topliss-reactive ketones (excluding diaryl/α,β-unsaturated/α-hetero) is 1. The van der Waals surface area contributed by atoms with Gasteiger partial charge < -0.3 is 4.74 Å². The molecule has 3 heteroatoms. The van der Waals surface area contributed by atoms with Gasteiger partial charge in [0.1, 0.15) is 12.4 Å². The van der Waals surface area contributed by atoms with E-state index >= 15 is 0 Å². The number of hydrogen-bond donors (Lipinski definition) is 0. The molecule has 1 aliphatic heterocycles. The van der Waals surface area contributed by atoms with Crippen molar-refractivity contribution in [2.24, 2.45) is 11.8 Å². The average Bonchev–Trinajstić information content (AvgIpc) is 2.05. The van der Waals surface area contributed by atoms with Crippen molar-refractivity contribution < 1.29 is 14.3 Å². The molecule has 3 nitrogen and oxygen atoms in total. The van der Waals surface area contributed by atoms with E-state index in [1.165, 1.54) is 0 Å². The zero-order valence-corrected chi connectivity index (χ0v) is 6.79. The molecule has 1 heterocycles. The minimum atomic E-state index is -0.254. The van der Waals surface area contributed by atoms with Gasteiger partial charge in [-0.15, -0.1) is 0 Å². The minimum Gasteiger partial charge on any atom is -0.465 e. The lowest BCUT2D eigenvalue weighted by molar-refractivity contribution is -0.143. The third-order valence-corrected chi connectivity index (χ3v) is 1.94. The highest BCUT2D eigenvalue weighted by Gasteiger charge is 2.27. The van der Waals surface area contributed by atoms with Crippen molar-refractivity contribution in [1.82, 2.24) is 0 Å². The van der Waals surface area contributed by atoms with Crippen LogP contribution in [0.4, 0.5) is 0 Å². The van der Waals surface area contributed by atoms with Crippen LogP contribution in [0.1, 0.15) is 20.3 Å². The van der Waals surface area contributed by atoms with Crippen LogP contribution < -0.4 is 0 Å². The average molecular weight is 156 g/mol. The molecule has 1 aliphatic rings. The molecule has 2 atom stereocenters. The lowest BCUT2D eigenvalue weighted by atomic mass is 9.95. The van der Waals surface area contributed by atoms with E-state index in [2.05, 4.69) is 0 Å². The number of carbonyl (C=O) groups excluding carboxylic acids is 2. The van der Waals surface area contributed by atoms with Gasteiger partial charge in [-0.3, -0.25) is 9.59 Å². The van der Waals surface area contributed by atoms with Crippen LogP contribution in [0.25, 0.3) is 0 Å². The monoisotopic (exact) mass is 156 g/mol. The van der Waals surface area contributed by atoms with E-state index < -0.39 is 0 Å². The van der Waals surface area contributed by atoms with Crippen LogP contribution in [-0.2, 0) is 14.3 Å². The summed E-state index contributed by atoms with van der Waals surface area (Å²) in [5.74, 6) is -0.414. The van der Waals surface area contributed by atoms with Crippen LogP contribution in [0.15, 0.2) is 0 Å². The first-order valence-electron chi connectivity index (χ1n) is 3.80. The van der Waals surface area contributed by atoms with E-state index in [1.807, 2.05) is 0 Å². The van der Waals surface area contributed by atoms with Gasteiger partial charge in [0.15, 0.2) is 0 Å². The zero-order valence-electron chi connectivity index (χ0n) is 6.79. The molecule has 1 rings (SSSR count). The molecule has 0 aromatic heterocycles. The molecule has 1 fully saturated rings. The summed E-state index contributed by atoms with van der Waals surface area (Å²) in [6, 6.07) is 0. The SMILES string of the molecule is C[C@@H]1CC(=O)OC[C@H](C)C1=O. The Kier molecular flexibility index (Phi) is 2.27. The van der Waals surface area contributed by atoms with Gasteiger partial charge in [-0.1, -0.05) is 13.8 Å². The lowest BCUT2D eigenvalue weighted by Crippen LogP contribution is -2.19. The van der Waals surface area contributed by atoms with E-state index in [0.717, 1.165) is 0 Å². The second kappa shape index (κ2) is 3.03. The lowest BCUT2D eigenvalue weighted by Gasteiger charge is -2.06. The maximum Gasteiger partial charge on any atom is 0.306 e. The van der Waals surface area contributed by atoms with Crippen LogP contribution in [0.2, 0.25) is 0 Å². The summed E-state index contributed by atoms with van der Waals surface area (Å²) in [6.07, 6.45) is 0.239. The number of hydrogen-bond acceptors (Lipinski definition) is 3. The van der Waals surface area contributed by atoms with Crippen LogP contribution in [0.3, 0.4) is 0 Å². The van der Waals surface area contributed by atoms with E-state index in [9.17, 15) is 9.59 Å². The first-order valence-corrected chi connectivity index (χ1v) is 3.80. The Balaban J connectivity index is 2.68. The molecule has 0 amide bonds. The van der Waals surface area contributed by atoms with Gasteiger partial charge in [0.25, 0.3) is 0 Å². The molecule has 0 bridgehead atoms. The fourth-order valence-electron chi connectivity index (χ4n) is 1.20. The molecule has 0 spiro atoms. The molecule has 0 aromatic rings. The van der Waals surface area contributed by atoms with E-state index in [4.69, 9.17) is 4.74 Å². The Labute approximate surface area is 65.7 Å². The third-order valence-electron chi connectivity index (χ3n) is 1.94. The second-order valence-corrected chi connectivity index (χ2v) is 3.09. The molecule has 11 heavy (non-hydrogen) atoms. The summed E-state index contributed by atoms with van der Waals surface area (Å²) in [6.45, 7) is 3.81. The van der Waals surface area contributed by atoms with Crippen molar-refractivity contribution in [2.45, 2.75) is 20.3 Å². The second-order valence-electron chi connectivity index (χ2n) is 3.09. The molecular formula is C8H12O3. The van der Waals surface area contributed by atoms with Crippen molar-refractivity contribution in [3.8, 4) is 0 Å². The van der Waals surface area contributed by atoms with Crippen LogP contribution in [0, 0.1) is 11.8 Å². The van der Waals surface area contributed by atoms with Crippen molar-refractivity contribution in [2.75, 3.05) is 6.61 Å². The van der Waals surface area contributed by atoms with Gasteiger partial charge in [0.05, 0.1) is 6.42 Å². The molecule has 0 radical (unpaired) electrons. The number of ketones is 1. The molecule has 0 unspecified atom stereocenters. The van der Waals surface area contributed by atoms with Gasteiger partial charge >= 0.3 is 5.97 Å². The van der Waals surface area contributed by atoms with Gasteiger partial charge in [-0.05, 0) is 0 Å². The summed E-state index contributed by atoms with van der Waals surface area (Å²) in [4.78, 5) is 22.1. The summed E-state index contributed by atoms with van der Waals surface area (Å²) in [7, 11) is 0. The van der Waals surface area contributed by atoms with Crippen LogP contribution in [-0.4, -0.2) is 18.4 Å². The summed E-state index contributed by atoms with van der Waals surface area (Å²) >= 11 is 0. The maximum absolute atomic E-state index is 11.3. The van der Waals surface area contributed by atoms with Crippen LogP contribution >= 0.6 is 0 Å². The number of rotatable bonds is 0. The predicted octanol–water partition coefficient (Wildman–Crippen LogP) is 0.775. The first-order chi connectivity index (χ1) is 5.11. The van der Waals surface area contributed by atoms with Crippen LogP contribution in [0.5, 0.6) is 0 Å². The Morgan fingerprint density at radius 1 is 1.27 bits per heavy atom. The third kappa shape index (κ3) is 1.79. The standard InChI is InChI=1S/C8H12O3/c1-5-3-7(9)11-4-6(2)8(5)10/h5-6H,3-4H2,1-2H3/t5-,6+/m1/s1. The predicted molar refractivity (Wildman–Crippen MR) is 38.9 cm³/mol. The van der Waals surface area contributed by atoms with Gasteiger partial charge in [0, 0.05) is 11.8 Å². The molecule has 62 valence electrons. The Morgan fingerprint density at radius 3 is 2.55 bits per heavy atom. The summed E-state index contributed by atoms with van der Waals surface area (Å²) in [5.41, 5.74) is 0. The fourth-order valence-corrected chi connectivity index (χ4v) is 1.20. The molecule has 0 aliphatic carbocycles. The quantitative estimate of drug-likeness (QED) is 0.487. The number of ether oxygens (including phenoxy) is 1. The Morgan fingerprint density at radius 2 is 1.91 bits per heavy atom. The molecule has 1 saturated heterocycles. The number of cyclic esters (lactones) is 1. The summed E-state index contributed by atoms with van der Waals surface area (Å²) < 4.78 is 4.80. The first kappa shape index (κ1) is 8.24. The van der Waals surface area contributed by atoms with E-state index in [0.29, 0.717) is 0 Å². The Hall–Kier alpha value is -0.860. The zero-order chi connectivity index (χ0) is 8.43. The Bertz CT molecular complexity index is 186. The maximum atomic E-state index is 11.3. The van der Waals surface area contributed by atoms with Crippen molar-refractivity contribution in [3.05, 3.63) is 0 Å². The highest BCUT2D eigenvalue weighted by molar-refractivity contribution is 5.88. The fraction of sp³-hybridized carbons (Fsp3) is 0.750. The molecule has 0 saturated carbocycles. The normalized spacial score (nSPS) is 32.9. The van der Waals surface area contributed by atoms with Crippen molar-refractivity contribution in [3.63, 3.8) is 0 Å². The smallest absolute Gasteiger partial charge is 0.306 e.